The van der Waals surface area contributed by atoms with Crippen molar-refractivity contribution >= 4 is 41.7 Å². The van der Waals surface area contributed by atoms with E-state index in [1.165, 1.54) is 11.3 Å². The first-order chi connectivity index (χ1) is 9.86. The lowest BCUT2D eigenvalue weighted by atomic mass is 10.2. The molecule has 120 valence electrons. The van der Waals surface area contributed by atoms with Gasteiger partial charge >= 0.3 is 0 Å². The summed E-state index contributed by atoms with van der Waals surface area (Å²) >= 11 is 1.86. The maximum atomic E-state index is 5.61. The summed E-state index contributed by atoms with van der Waals surface area (Å²) < 4.78 is 5.61. The molecule has 0 aliphatic carbocycles. The Morgan fingerprint density at radius 2 is 1.90 bits per heavy atom. The summed E-state index contributed by atoms with van der Waals surface area (Å²) in [6.07, 6.45) is 3.27. The van der Waals surface area contributed by atoms with Gasteiger partial charge in [0, 0.05) is 20.1 Å². The van der Waals surface area contributed by atoms with Crippen LogP contribution in [0.25, 0.3) is 0 Å². The largest absolute Gasteiger partial charge is 0.375 e. The fourth-order valence-electron chi connectivity index (χ4n) is 1.65. The third kappa shape index (κ3) is 10.8. The van der Waals surface area contributed by atoms with Crippen molar-refractivity contribution in [3.8, 4) is 0 Å². The van der Waals surface area contributed by atoms with Gasteiger partial charge in [-0.2, -0.15) is 11.8 Å². The van der Waals surface area contributed by atoms with Gasteiger partial charge in [-0.25, -0.2) is 0 Å². The molecule has 0 spiro atoms. The quantitative estimate of drug-likeness (QED) is 0.278. The van der Waals surface area contributed by atoms with Crippen molar-refractivity contribution in [3.63, 3.8) is 0 Å². The van der Waals surface area contributed by atoms with Crippen LogP contribution in [-0.4, -0.2) is 44.7 Å². The summed E-state index contributed by atoms with van der Waals surface area (Å²) in [5.74, 6) is 2.01. The molecule has 1 aromatic rings. The van der Waals surface area contributed by atoms with Gasteiger partial charge in [0.1, 0.15) is 0 Å². The second-order valence-electron chi connectivity index (χ2n) is 4.31. The molecule has 0 heterocycles. The normalized spacial score (nSPS) is 10.9. The number of hydrogen-bond donors (Lipinski definition) is 2. The monoisotopic (exact) mass is 423 g/mol. The summed E-state index contributed by atoms with van der Waals surface area (Å²) in [6.45, 7) is 3.03. The van der Waals surface area contributed by atoms with E-state index in [0.29, 0.717) is 13.2 Å². The van der Waals surface area contributed by atoms with Crippen molar-refractivity contribution in [1.82, 2.24) is 10.6 Å². The van der Waals surface area contributed by atoms with Gasteiger partial charge in [0.2, 0.25) is 0 Å². The van der Waals surface area contributed by atoms with Crippen LogP contribution < -0.4 is 10.6 Å². The van der Waals surface area contributed by atoms with E-state index >= 15 is 0 Å². The van der Waals surface area contributed by atoms with E-state index in [4.69, 9.17) is 4.74 Å². The second-order valence-corrected chi connectivity index (χ2v) is 5.30. The molecule has 6 heteroatoms. The lowest BCUT2D eigenvalue weighted by Crippen LogP contribution is -2.39. The highest BCUT2D eigenvalue weighted by atomic mass is 127. The maximum absolute atomic E-state index is 5.61. The van der Waals surface area contributed by atoms with Gasteiger partial charge in [-0.1, -0.05) is 30.3 Å². The number of hydrogen-bond acceptors (Lipinski definition) is 3. The minimum Gasteiger partial charge on any atom is -0.375 e. The Labute approximate surface area is 149 Å². The van der Waals surface area contributed by atoms with Gasteiger partial charge in [-0.15, -0.1) is 24.0 Å². The standard InChI is InChI=1S/C15H25N3OS.HI/c1-16-15(17-9-6-12-20-2)18-10-11-19-13-14-7-4-3-5-8-14;/h3-5,7-8H,6,9-13H2,1-2H3,(H2,16,17,18);1H. The van der Waals surface area contributed by atoms with Gasteiger partial charge in [0.15, 0.2) is 5.96 Å². The van der Waals surface area contributed by atoms with Crippen LogP contribution in [0.4, 0.5) is 0 Å². The number of nitrogens with one attached hydrogen (secondary N) is 2. The lowest BCUT2D eigenvalue weighted by molar-refractivity contribution is 0.125. The molecule has 0 saturated carbocycles. The average molecular weight is 423 g/mol. The number of ether oxygens (including phenoxy) is 1. The number of thioether (sulfide) groups is 1. The van der Waals surface area contributed by atoms with Crippen LogP contribution in [0, 0.1) is 0 Å². The second kappa shape index (κ2) is 14.5. The van der Waals surface area contributed by atoms with Crippen molar-refractivity contribution in [2.75, 3.05) is 38.8 Å². The molecule has 0 aliphatic rings. The van der Waals surface area contributed by atoms with E-state index in [1.54, 1.807) is 7.05 Å². The minimum atomic E-state index is 0. The summed E-state index contributed by atoms with van der Waals surface area (Å²) in [4.78, 5) is 4.17. The van der Waals surface area contributed by atoms with Crippen LogP contribution >= 0.6 is 35.7 Å². The van der Waals surface area contributed by atoms with Gasteiger partial charge < -0.3 is 15.4 Å². The molecule has 0 bridgehead atoms. The summed E-state index contributed by atoms with van der Waals surface area (Å²) in [5, 5.41) is 6.52. The molecule has 0 fully saturated rings. The fourth-order valence-corrected chi connectivity index (χ4v) is 2.08. The van der Waals surface area contributed by atoms with Crippen LogP contribution in [0.2, 0.25) is 0 Å². The van der Waals surface area contributed by atoms with Gasteiger partial charge in [0.05, 0.1) is 13.2 Å². The number of nitrogens with zero attached hydrogens (tertiary/aromatic N) is 1. The summed E-state index contributed by atoms with van der Waals surface area (Å²) in [7, 11) is 1.79. The Morgan fingerprint density at radius 3 is 2.57 bits per heavy atom. The predicted molar refractivity (Wildman–Crippen MR) is 104 cm³/mol. The molecule has 4 nitrogen and oxygen atoms in total. The fraction of sp³-hybridized carbons (Fsp3) is 0.533. The Balaban J connectivity index is 0.00000400. The van der Waals surface area contributed by atoms with Crippen LogP contribution in [0.1, 0.15) is 12.0 Å². The van der Waals surface area contributed by atoms with E-state index in [9.17, 15) is 0 Å². The highest BCUT2D eigenvalue weighted by molar-refractivity contribution is 14.0. The van der Waals surface area contributed by atoms with Crippen molar-refractivity contribution in [2.24, 2.45) is 4.99 Å². The summed E-state index contributed by atoms with van der Waals surface area (Å²) in [5.41, 5.74) is 1.20. The van der Waals surface area contributed by atoms with Crippen molar-refractivity contribution < 1.29 is 4.74 Å². The van der Waals surface area contributed by atoms with E-state index in [1.807, 2.05) is 30.0 Å². The van der Waals surface area contributed by atoms with Crippen LogP contribution in [-0.2, 0) is 11.3 Å². The zero-order valence-corrected chi connectivity index (χ0v) is 15.9. The zero-order valence-electron chi connectivity index (χ0n) is 12.8. The predicted octanol–water partition coefficient (Wildman–Crippen LogP) is 2.74. The van der Waals surface area contributed by atoms with Gasteiger partial charge in [-0.05, 0) is 24.0 Å². The highest BCUT2D eigenvalue weighted by Crippen LogP contribution is 1.99. The number of guanidine groups is 1. The molecule has 1 rings (SSSR count). The molecule has 0 amide bonds. The molecule has 1 aromatic carbocycles. The Hall–Kier alpha value is -0.470. The third-order valence-corrected chi connectivity index (χ3v) is 3.39. The molecule has 0 unspecified atom stereocenters. The van der Waals surface area contributed by atoms with Gasteiger partial charge in [0.25, 0.3) is 0 Å². The van der Waals surface area contributed by atoms with E-state index in [-0.39, 0.29) is 24.0 Å². The van der Waals surface area contributed by atoms with Crippen molar-refractivity contribution in [2.45, 2.75) is 13.0 Å². The molecule has 0 saturated heterocycles. The first-order valence-corrected chi connectivity index (χ1v) is 8.31. The number of benzene rings is 1. The van der Waals surface area contributed by atoms with E-state index < -0.39 is 0 Å². The Morgan fingerprint density at radius 1 is 1.19 bits per heavy atom. The lowest BCUT2D eigenvalue weighted by Gasteiger charge is -2.11. The molecule has 0 atom stereocenters. The minimum absolute atomic E-state index is 0. The van der Waals surface area contributed by atoms with Crippen LogP contribution in [0.3, 0.4) is 0 Å². The number of rotatable bonds is 9. The highest BCUT2D eigenvalue weighted by Gasteiger charge is 1.96. The maximum Gasteiger partial charge on any atom is 0.191 e. The Bertz CT molecular complexity index is 376. The average Bonchev–Trinajstić information content (AvgIpc) is 2.50. The molecular formula is C15H26IN3OS. The number of halogens is 1. The topological polar surface area (TPSA) is 45.7 Å². The SMILES string of the molecule is CN=C(NCCCSC)NCCOCc1ccccc1.I. The first kappa shape index (κ1) is 20.5. The van der Waals surface area contributed by atoms with Crippen LogP contribution in [0.5, 0.6) is 0 Å². The number of aliphatic imine (C=N–C) groups is 1. The smallest absolute Gasteiger partial charge is 0.191 e. The van der Waals surface area contributed by atoms with E-state index in [0.717, 1.165) is 25.5 Å². The molecular weight excluding hydrogens is 397 g/mol. The molecule has 0 aliphatic heterocycles. The third-order valence-electron chi connectivity index (χ3n) is 2.69. The molecule has 0 aromatic heterocycles. The van der Waals surface area contributed by atoms with Crippen LogP contribution in [0.15, 0.2) is 35.3 Å². The summed E-state index contributed by atoms with van der Waals surface area (Å²) in [6, 6.07) is 10.2. The van der Waals surface area contributed by atoms with E-state index in [2.05, 4.69) is 34.0 Å². The zero-order chi connectivity index (χ0) is 14.5. The first-order valence-electron chi connectivity index (χ1n) is 6.92. The molecule has 21 heavy (non-hydrogen) atoms. The molecule has 0 radical (unpaired) electrons. The van der Waals surface area contributed by atoms with Gasteiger partial charge in [-0.3, -0.25) is 4.99 Å². The van der Waals surface area contributed by atoms with Crippen molar-refractivity contribution in [1.29, 1.82) is 0 Å². The Kier molecular flexibility index (Phi) is 14.1. The van der Waals surface area contributed by atoms with Crippen molar-refractivity contribution in [3.05, 3.63) is 35.9 Å². The molecule has 2 N–H and O–H groups in total.